The third-order valence-corrected chi connectivity index (χ3v) is 8.07. The minimum atomic E-state index is -0.571. The van der Waals surface area contributed by atoms with Crippen molar-refractivity contribution in [2.45, 2.75) is 30.9 Å². The van der Waals surface area contributed by atoms with E-state index in [-0.39, 0.29) is 11.6 Å². The van der Waals surface area contributed by atoms with Crippen molar-refractivity contribution in [3.8, 4) is 0 Å². The number of hydrogen-bond acceptors (Lipinski definition) is 4. The summed E-state index contributed by atoms with van der Waals surface area (Å²) in [6.45, 7) is 5.74. The van der Waals surface area contributed by atoms with E-state index in [1.807, 2.05) is 45.0 Å². The highest BCUT2D eigenvalue weighted by molar-refractivity contribution is 8.00. The fraction of sp³-hybridized carbons (Fsp3) is 0.121. The Kier molecular flexibility index (Phi) is 10.5. The van der Waals surface area contributed by atoms with Crippen LogP contribution in [-0.4, -0.2) is 23.0 Å². The van der Waals surface area contributed by atoms with Gasteiger partial charge in [0.2, 0.25) is 5.91 Å². The van der Waals surface area contributed by atoms with Gasteiger partial charge in [-0.3, -0.25) is 14.4 Å². The van der Waals surface area contributed by atoms with Gasteiger partial charge in [0.05, 0.1) is 5.25 Å². The average molecular weight is 619 g/mol. The Labute approximate surface area is 259 Å². The summed E-state index contributed by atoms with van der Waals surface area (Å²) in [6.07, 6.45) is 1.44. The van der Waals surface area contributed by atoms with Gasteiger partial charge in [-0.25, -0.2) is 0 Å². The second kappa shape index (κ2) is 14.2. The largest absolute Gasteiger partial charge is 0.325 e. The second-order valence-corrected chi connectivity index (χ2v) is 11.7. The van der Waals surface area contributed by atoms with E-state index in [1.54, 1.807) is 66.7 Å². The molecule has 42 heavy (non-hydrogen) atoms. The number of anilines is 2. The van der Waals surface area contributed by atoms with Crippen molar-refractivity contribution in [1.82, 2.24) is 5.32 Å². The van der Waals surface area contributed by atoms with Crippen LogP contribution in [0.4, 0.5) is 11.4 Å². The first kappa shape index (κ1) is 30.9. The molecule has 4 aromatic carbocycles. The predicted molar refractivity (Wildman–Crippen MR) is 173 cm³/mol. The van der Waals surface area contributed by atoms with Crippen molar-refractivity contribution in [2.24, 2.45) is 0 Å². The van der Waals surface area contributed by atoms with Gasteiger partial charge in [-0.05, 0) is 80.4 Å². The molecular formula is C33H29Cl2N3O3S. The van der Waals surface area contributed by atoms with Crippen molar-refractivity contribution in [3.05, 3.63) is 129 Å². The number of aryl methyl sites for hydroxylation is 2. The molecule has 3 N–H and O–H groups in total. The normalized spacial score (nSPS) is 11.9. The quantitative estimate of drug-likeness (QED) is 0.131. The number of para-hydroxylation sites is 1. The van der Waals surface area contributed by atoms with Gasteiger partial charge in [0.25, 0.3) is 11.8 Å². The van der Waals surface area contributed by atoms with Gasteiger partial charge in [-0.2, -0.15) is 0 Å². The van der Waals surface area contributed by atoms with Gasteiger partial charge in [-0.1, -0.05) is 71.7 Å². The predicted octanol–water partition coefficient (Wildman–Crippen LogP) is 8.14. The zero-order chi connectivity index (χ0) is 30.2. The first-order valence-electron chi connectivity index (χ1n) is 13.1. The molecule has 0 fully saturated rings. The van der Waals surface area contributed by atoms with Crippen LogP contribution in [0, 0.1) is 13.8 Å². The Hall–Kier alpha value is -4.04. The molecule has 0 heterocycles. The third-order valence-electron chi connectivity index (χ3n) is 6.32. The maximum absolute atomic E-state index is 13.5. The zero-order valence-corrected chi connectivity index (χ0v) is 25.5. The van der Waals surface area contributed by atoms with Crippen LogP contribution in [-0.2, 0) is 9.59 Å². The lowest BCUT2D eigenvalue weighted by Crippen LogP contribution is -2.30. The summed E-state index contributed by atoms with van der Waals surface area (Å²) in [5.41, 5.74) is 4.01. The fourth-order valence-corrected chi connectivity index (χ4v) is 5.51. The molecule has 0 aliphatic heterocycles. The zero-order valence-electron chi connectivity index (χ0n) is 23.2. The van der Waals surface area contributed by atoms with Crippen molar-refractivity contribution >= 4 is 70.1 Å². The third kappa shape index (κ3) is 8.03. The molecule has 0 aromatic heterocycles. The van der Waals surface area contributed by atoms with E-state index in [0.29, 0.717) is 26.9 Å². The van der Waals surface area contributed by atoms with E-state index in [0.717, 1.165) is 21.7 Å². The lowest BCUT2D eigenvalue weighted by atomic mass is 10.1. The Morgan fingerprint density at radius 1 is 0.786 bits per heavy atom. The van der Waals surface area contributed by atoms with Crippen LogP contribution in [0.25, 0.3) is 6.08 Å². The summed E-state index contributed by atoms with van der Waals surface area (Å²) >= 11 is 14.1. The molecule has 6 nitrogen and oxygen atoms in total. The highest BCUT2D eigenvalue weighted by Gasteiger charge is 2.19. The summed E-state index contributed by atoms with van der Waals surface area (Å²) in [7, 11) is 0. The van der Waals surface area contributed by atoms with Crippen molar-refractivity contribution < 1.29 is 14.4 Å². The number of rotatable bonds is 9. The second-order valence-electron chi connectivity index (χ2n) is 9.51. The SMILES string of the molecule is Cc1cccc(C)c1NC(=O)C(C)Sc1cccc(NC(=O)/C(=C\c2c(Cl)cccc2Cl)NC(=O)c2ccccc2)c1. The van der Waals surface area contributed by atoms with Gasteiger partial charge in [0, 0.05) is 37.4 Å². The van der Waals surface area contributed by atoms with E-state index in [2.05, 4.69) is 16.0 Å². The highest BCUT2D eigenvalue weighted by atomic mass is 35.5. The van der Waals surface area contributed by atoms with Crippen LogP contribution in [0.2, 0.25) is 10.0 Å². The molecule has 4 aromatic rings. The molecule has 0 bridgehead atoms. The summed E-state index contributed by atoms with van der Waals surface area (Å²) in [5.74, 6) is -1.16. The Morgan fingerprint density at radius 2 is 1.40 bits per heavy atom. The molecule has 214 valence electrons. The monoisotopic (exact) mass is 617 g/mol. The van der Waals surface area contributed by atoms with Crippen LogP contribution in [0.3, 0.4) is 0 Å². The molecule has 0 spiro atoms. The van der Waals surface area contributed by atoms with Crippen LogP contribution in [0.15, 0.2) is 102 Å². The molecule has 9 heteroatoms. The molecule has 4 rings (SSSR count). The minimum absolute atomic E-state index is 0.0433. The molecule has 1 unspecified atom stereocenters. The smallest absolute Gasteiger partial charge is 0.272 e. The molecule has 0 saturated heterocycles. The van der Waals surface area contributed by atoms with E-state index in [4.69, 9.17) is 23.2 Å². The Balaban J connectivity index is 1.52. The molecule has 0 aliphatic rings. The maximum Gasteiger partial charge on any atom is 0.272 e. The standard InChI is InChI=1S/C33H29Cl2N3O3S/c1-20-10-7-11-21(2)30(20)38-31(39)22(3)42-25-15-8-14-24(18-25)36-33(41)29(19-26-27(34)16-9-17-28(26)35)37-32(40)23-12-5-4-6-13-23/h4-19,22H,1-3H3,(H,36,41)(H,37,40)(H,38,39)/b29-19+. The lowest BCUT2D eigenvalue weighted by molar-refractivity contribution is -0.115. The van der Waals surface area contributed by atoms with Crippen LogP contribution in [0.5, 0.6) is 0 Å². The highest BCUT2D eigenvalue weighted by Crippen LogP contribution is 2.29. The fourth-order valence-electron chi connectivity index (χ4n) is 4.08. The number of hydrogen-bond donors (Lipinski definition) is 3. The van der Waals surface area contributed by atoms with Gasteiger partial charge in [0.1, 0.15) is 5.70 Å². The molecule has 1 atom stereocenters. The Bertz CT molecular complexity index is 1620. The first-order valence-corrected chi connectivity index (χ1v) is 14.7. The number of benzene rings is 4. The maximum atomic E-state index is 13.5. The number of halogens is 2. The van der Waals surface area contributed by atoms with E-state index < -0.39 is 17.1 Å². The molecular weight excluding hydrogens is 589 g/mol. The van der Waals surface area contributed by atoms with E-state index >= 15 is 0 Å². The topological polar surface area (TPSA) is 87.3 Å². The first-order chi connectivity index (χ1) is 20.1. The Morgan fingerprint density at radius 3 is 2.07 bits per heavy atom. The number of carbonyl (C=O) groups excluding carboxylic acids is 3. The van der Waals surface area contributed by atoms with E-state index in [1.165, 1.54) is 17.8 Å². The van der Waals surface area contributed by atoms with Crippen LogP contribution < -0.4 is 16.0 Å². The van der Waals surface area contributed by atoms with Crippen molar-refractivity contribution in [2.75, 3.05) is 10.6 Å². The molecule has 0 radical (unpaired) electrons. The van der Waals surface area contributed by atoms with Crippen molar-refractivity contribution in [1.29, 1.82) is 0 Å². The number of thioether (sulfide) groups is 1. The molecule has 3 amide bonds. The van der Waals surface area contributed by atoms with Gasteiger partial charge >= 0.3 is 0 Å². The van der Waals surface area contributed by atoms with Crippen LogP contribution >= 0.6 is 35.0 Å². The number of carbonyl (C=O) groups is 3. The summed E-state index contributed by atoms with van der Waals surface area (Å²) in [6, 6.07) is 26.5. The summed E-state index contributed by atoms with van der Waals surface area (Å²) < 4.78 is 0. The molecule has 0 aliphatic carbocycles. The average Bonchev–Trinajstić information content (AvgIpc) is 2.96. The van der Waals surface area contributed by atoms with Gasteiger partial charge in [0.15, 0.2) is 0 Å². The van der Waals surface area contributed by atoms with E-state index in [9.17, 15) is 14.4 Å². The summed E-state index contributed by atoms with van der Waals surface area (Å²) in [4.78, 5) is 40.1. The lowest BCUT2D eigenvalue weighted by Gasteiger charge is -2.16. The number of nitrogens with one attached hydrogen (secondary N) is 3. The van der Waals surface area contributed by atoms with Crippen molar-refractivity contribution in [3.63, 3.8) is 0 Å². The summed E-state index contributed by atoms with van der Waals surface area (Å²) in [5, 5.41) is 8.79. The van der Waals surface area contributed by atoms with Crippen LogP contribution in [0.1, 0.15) is 34.0 Å². The van der Waals surface area contributed by atoms with Gasteiger partial charge < -0.3 is 16.0 Å². The van der Waals surface area contributed by atoms with Gasteiger partial charge in [-0.15, -0.1) is 11.8 Å². The molecule has 0 saturated carbocycles. The number of amides is 3. The minimum Gasteiger partial charge on any atom is -0.325 e.